The number of hydrogen-bond acceptors (Lipinski definition) is 2. The Bertz CT molecular complexity index is 681. The minimum atomic E-state index is -0.802. The van der Waals surface area contributed by atoms with Gasteiger partial charge in [0.15, 0.2) is 0 Å². The van der Waals surface area contributed by atoms with Gasteiger partial charge in [-0.3, -0.25) is 0 Å². The average Bonchev–Trinajstić information content (AvgIpc) is 2.51. The van der Waals surface area contributed by atoms with Crippen LogP contribution in [0.5, 0.6) is 0 Å². The number of nitrogens with one attached hydrogen (secondary N) is 1. The van der Waals surface area contributed by atoms with E-state index in [1.54, 1.807) is 12.2 Å². The lowest BCUT2D eigenvalue weighted by Crippen LogP contribution is -2.17. The van der Waals surface area contributed by atoms with E-state index in [1.807, 2.05) is 36.4 Å². The lowest BCUT2D eigenvalue weighted by Gasteiger charge is -2.13. The smallest absolute Gasteiger partial charge is 0.114 e. The number of allylic oxidation sites excluding steroid dienone is 2. The van der Waals surface area contributed by atoms with Crippen LogP contribution in [0.1, 0.15) is 5.56 Å². The molecule has 0 spiro atoms. The van der Waals surface area contributed by atoms with E-state index < -0.39 is 6.10 Å². The molecule has 2 heteroatoms. The Kier molecular flexibility index (Phi) is 3.32. The lowest BCUT2D eigenvalue weighted by molar-refractivity contribution is 0.289. The van der Waals surface area contributed by atoms with Crippen LogP contribution in [0.15, 0.2) is 72.8 Å². The van der Waals surface area contributed by atoms with Crippen molar-refractivity contribution in [2.45, 2.75) is 6.10 Å². The Morgan fingerprint density at radius 3 is 2.00 bits per heavy atom. The largest absolute Gasteiger partial charge is 0.383 e. The van der Waals surface area contributed by atoms with Gasteiger partial charge in [0.25, 0.3) is 0 Å². The van der Waals surface area contributed by atoms with Gasteiger partial charge in [-0.05, 0) is 34.4 Å². The second-order valence-corrected chi connectivity index (χ2v) is 4.80. The summed E-state index contributed by atoms with van der Waals surface area (Å²) in [6.07, 6.45) is 4.42. The zero-order valence-corrected chi connectivity index (χ0v) is 11.0. The van der Waals surface area contributed by atoms with Crippen molar-refractivity contribution >= 4 is 11.3 Å². The van der Waals surface area contributed by atoms with Crippen molar-refractivity contribution < 1.29 is 5.11 Å². The van der Waals surface area contributed by atoms with E-state index >= 15 is 0 Å². The minimum Gasteiger partial charge on any atom is -0.383 e. The van der Waals surface area contributed by atoms with Crippen molar-refractivity contribution in [2.75, 3.05) is 0 Å². The van der Waals surface area contributed by atoms with E-state index in [0.29, 0.717) is 0 Å². The van der Waals surface area contributed by atoms with Crippen molar-refractivity contribution in [3.63, 3.8) is 0 Å². The highest BCUT2D eigenvalue weighted by Gasteiger charge is 2.12. The SMILES string of the molecule is N=C1C=CC(c2ccc(-c3ccccc3)cc2)=CC1O. The summed E-state index contributed by atoms with van der Waals surface area (Å²) in [5.41, 5.74) is 4.59. The normalized spacial score (nSPS) is 17.9. The summed E-state index contributed by atoms with van der Waals surface area (Å²) in [6.45, 7) is 0. The van der Waals surface area contributed by atoms with Crippen molar-refractivity contribution in [3.05, 3.63) is 78.4 Å². The van der Waals surface area contributed by atoms with Crippen LogP contribution in [0.25, 0.3) is 16.7 Å². The van der Waals surface area contributed by atoms with Crippen LogP contribution in [0, 0.1) is 5.41 Å². The van der Waals surface area contributed by atoms with E-state index in [9.17, 15) is 5.11 Å². The Morgan fingerprint density at radius 2 is 1.35 bits per heavy atom. The van der Waals surface area contributed by atoms with Crippen molar-refractivity contribution in [1.82, 2.24) is 0 Å². The van der Waals surface area contributed by atoms with E-state index in [1.165, 1.54) is 11.1 Å². The maximum absolute atomic E-state index is 9.69. The van der Waals surface area contributed by atoms with Gasteiger partial charge >= 0.3 is 0 Å². The first-order valence-electron chi connectivity index (χ1n) is 6.56. The predicted molar refractivity (Wildman–Crippen MR) is 82.7 cm³/mol. The van der Waals surface area contributed by atoms with Gasteiger partial charge < -0.3 is 10.5 Å². The van der Waals surface area contributed by atoms with Crippen molar-refractivity contribution in [2.24, 2.45) is 0 Å². The molecule has 0 saturated heterocycles. The summed E-state index contributed by atoms with van der Waals surface area (Å²) in [5.74, 6) is 0. The van der Waals surface area contributed by atoms with Gasteiger partial charge in [-0.2, -0.15) is 0 Å². The molecule has 3 rings (SSSR count). The molecule has 98 valence electrons. The summed E-state index contributed by atoms with van der Waals surface area (Å²) in [4.78, 5) is 0. The minimum absolute atomic E-state index is 0.231. The molecular weight excluding hydrogens is 246 g/mol. The topological polar surface area (TPSA) is 44.1 Å². The number of hydrogen-bond donors (Lipinski definition) is 2. The van der Waals surface area contributed by atoms with Crippen molar-refractivity contribution in [1.29, 1.82) is 5.41 Å². The summed E-state index contributed by atoms with van der Waals surface area (Å²) >= 11 is 0. The van der Waals surface area contributed by atoms with Gasteiger partial charge in [0.1, 0.15) is 6.10 Å². The Balaban J connectivity index is 1.89. The van der Waals surface area contributed by atoms with Crippen LogP contribution in [0.4, 0.5) is 0 Å². The molecule has 2 aromatic rings. The zero-order valence-electron chi connectivity index (χ0n) is 11.0. The van der Waals surface area contributed by atoms with Gasteiger partial charge in [-0.15, -0.1) is 0 Å². The Morgan fingerprint density at radius 1 is 0.750 bits per heavy atom. The number of rotatable bonds is 2. The maximum atomic E-state index is 9.69. The number of benzene rings is 2. The van der Waals surface area contributed by atoms with Gasteiger partial charge in [0.2, 0.25) is 0 Å². The summed E-state index contributed by atoms with van der Waals surface area (Å²) in [6, 6.07) is 18.5. The fraction of sp³-hybridized carbons (Fsp3) is 0.0556. The van der Waals surface area contributed by atoms with Crippen LogP contribution in [-0.2, 0) is 0 Å². The number of aliphatic hydroxyl groups excluding tert-OH is 1. The monoisotopic (exact) mass is 261 g/mol. The molecule has 0 aliphatic heterocycles. The zero-order chi connectivity index (χ0) is 13.9. The van der Waals surface area contributed by atoms with E-state index in [4.69, 9.17) is 5.41 Å². The standard InChI is InChI=1S/C18H15NO/c19-17-11-10-16(12-18(17)20)15-8-6-14(7-9-15)13-4-2-1-3-5-13/h1-12,18-20H. The molecule has 0 saturated carbocycles. The Hall–Kier alpha value is -2.45. The molecule has 2 nitrogen and oxygen atoms in total. The first-order chi connectivity index (χ1) is 9.74. The van der Waals surface area contributed by atoms with Crippen LogP contribution in [-0.4, -0.2) is 16.9 Å². The van der Waals surface area contributed by atoms with Gasteiger partial charge in [-0.25, -0.2) is 0 Å². The molecule has 20 heavy (non-hydrogen) atoms. The summed E-state index contributed by atoms with van der Waals surface area (Å²) in [5, 5.41) is 17.2. The molecule has 1 atom stereocenters. The highest BCUT2D eigenvalue weighted by atomic mass is 16.3. The van der Waals surface area contributed by atoms with Crippen molar-refractivity contribution in [3.8, 4) is 11.1 Å². The third-order valence-corrected chi connectivity index (χ3v) is 3.42. The predicted octanol–water partition coefficient (Wildman–Crippen LogP) is 3.69. The highest BCUT2D eigenvalue weighted by molar-refractivity contribution is 6.03. The molecule has 0 bridgehead atoms. The lowest BCUT2D eigenvalue weighted by atomic mass is 9.95. The van der Waals surface area contributed by atoms with E-state index in [-0.39, 0.29) is 5.71 Å². The van der Waals surface area contributed by atoms with Crippen LogP contribution < -0.4 is 0 Å². The van der Waals surface area contributed by atoms with E-state index in [0.717, 1.165) is 11.1 Å². The fourth-order valence-electron chi connectivity index (χ4n) is 2.27. The molecule has 1 aliphatic rings. The second-order valence-electron chi connectivity index (χ2n) is 4.80. The molecule has 0 heterocycles. The van der Waals surface area contributed by atoms with Crippen LogP contribution in [0.3, 0.4) is 0 Å². The molecule has 1 aliphatic carbocycles. The average molecular weight is 261 g/mol. The van der Waals surface area contributed by atoms with Gasteiger partial charge in [0.05, 0.1) is 5.71 Å². The fourth-order valence-corrected chi connectivity index (χ4v) is 2.27. The molecule has 0 fully saturated rings. The molecule has 0 aromatic heterocycles. The molecule has 0 radical (unpaired) electrons. The molecular formula is C18H15NO. The van der Waals surface area contributed by atoms with Gasteiger partial charge in [0, 0.05) is 0 Å². The highest BCUT2D eigenvalue weighted by Crippen LogP contribution is 2.24. The van der Waals surface area contributed by atoms with Crippen LogP contribution in [0.2, 0.25) is 0 Å². The number of aliphatic hydroxyl groups is 1. The first-order valence-corrected chi connectivity index (χ1v) is 6.56. The third kappa shape index (κ3) is 2.46. The quantitative estimate of drug-likeness (QED) is 0.850. The van der Waals surface area contributed by atoms with E-state index in [2.05, 4.69) is 24.3 Å². The summed E-state index contributed by atoms with van der Waals surface area (Å²) in [7, 11) is 0. The summed E-state index contributed by atoms with van der Waals surface area (Å²) < 4.78 is 0. The molecule has 1 unspecified atom stereocenters. The van der Waals surface area contributed by atoms with Gasteiger partial charge in [-0.1, -0.05) is 60.7 Å². The molecule has 2 N–H and O–H groups in total. The molecule has 2 aromatic carbocycles. The van der Waals surface area contributed by atoms with Crippen LogP contribution >= 0.6 is 0 Å². The third-order valence-electron chi connectivity index (χ3n) is 3.42. The Labute approximate surface area is 118 Å². The second kappa shape index (κ2) is 5.27. The maximum Gasteiger partial charge on any atom is 0.114 e. The first kappa shape index (κ1) is 12.6. The molecule has 0 amide bonds.